The molecule has 4 heteroatoms. The van der Waals surface area contributed by atoms with Gasteiger partial charge in [0.25, 0.3) is 5.91 Å². The van der Waals surface area contributed by atoms with E-state index in [-0.39, 0.29) is 11.8 Å². The zero-order valence-corrected chi connectivity index (χ0v) is 22.2. The van der Waals surface area contributed by atoms with Gasteiger partial charge in [-0.05, 0) is 68.4 Å². The van der Waals surface area contributed by atoms with Gasteiger partial charge in [0.1, 0.15) is 11.6 Å². The summed E-state index contributed by atoms with van der Waals surface area (Å²) in [4.78, 5) is 15.1. The standard InChI is InChI=1S/C29H34FNO2.C2H6/c1-6-20(3)18-27(22(5)25-11-9-8-10-21(25)4)23-14-16-31(17-15-23)29(32)26-13-12-24(30)19-28(26)33-7-2;1-2/h8-13,18-19,22-23H,1,7,14-17H2,2-5H3;1-2H3/b27-18+;. The predicted molar refractivity (Wildman–Crippen MR) is 144 cm³/mol. The summed E-state index contributed by atoms with van der Waals surface area (Å²) in [5.74, 6) is 0.441. The summed E-state index contributed by atoms with van der Waals surface area (Å²) in [6.45, 7) is 17.8. The van der Waals surface area contributed by atoms with Crippen molar-refractivity contribution in [2.24, 2.45) is 5.92 Å². The molecule has 1 saturated heterocycles. The Morgan fingerprint density at radius 3 is 2.49 bits per heavy atom. The van der Waals surface area contributed by atoms with Gasteiger partial charge in [-0.2, -0.15) is 0 Å². The topological polar surface area (TPSA) is 29.5 Å². The molecule has 2 aromatic rings. The van der Waals surface area contributed by atoms with Crippen LogP contribution in [0.4, 0.5) is 4.39 Å². The molecule has 1 aliphatic heterocycles. The summed E-state index contributed by atoms with van der Waals surface area (Å²) in [6.07, 6.45) is 3.98. The third kappa shape index (κ3) is 7.19. The molecule has 0 aromatic heterocycles. The quantitative estimate of drug-likeness (QED) is 0.300. The van der Waals surface area contributed by atoms with Crippen LogP contribution in [0.2, 0.25) is 0 Å². The molecule has 1 aliphatic rings. The fraction of sp³-hybridized carbons (Fsp3) is 0.419. The first-order valence-corrected chi connectivity index (χ1v) is 12.7. The van der Waals surface area contributed by atoms with E-state index in [0.717, 1.165) is 18.4 Å². The zero-order chi connectivity index (χ0) is 26.0. The van der Waals surface area contributed by atoms with Crippen LogP contribution in [0, 0.1) is 18.7 Å². The number of allylic oxidation sites excluding steroid dienone is 3. The van der Waals surface area contributed by atoms with Gasteiger partial charge < -0.3 is 9.64 Å². The number of hydrogen-bond donors (Lipinski definition) is 0. The van der Waals surface area contributed by atoms with Crippen LogP contribution in [0.3, 0.4) is 0 Å². The number of rotatable bonds is 7. The Balaban J connectivity index is 0.00000210. The monoisotopic (exact) mass is 477 g/mol. The summed E-state index contributed by atoms with van der Waals surface area (Å²) in [7, 11) is 0. The molecule has 0 N–H and O–H groups in total. The molecule has 3 rings (SSSR count). The minimum atomic E-state index is -0.403. The summed E-state index contributed by atoms with van der Waals surface area (Å²) in [5.41, 5.74) is 8.42. The summed E-state index contributed by atoms with van der Waals surface area (Å²) < 4.78 is 19.2. The van der Waals surface area contributed by atoms with Gasteiger partial charge in [-0.25, -0.2) is 4.39 Å². The predicted octanol–water partition coefficient (Wildman–Crippen LogP) is 7.87. The van der Waals surface area contributed by atoms with Crippen molar-refractivity contribution in [1.29, 1.82) is 0 Å². The molecule has 0 saturated carbocycles. The average molecular weight is 478 g/mol. The zero-order valence-electron chi connectivity index (χ0n) is 22.2. The van der Waals surface area contributed by atoms with Crippen molar-refractivity contribution >= 4 is 5.91 Å². The normalized spacial score (nSPS) is 14.9. The molecule has 0 aliphatic carbocycles. The van der Waals surface area contributed by atoms with Gasteiger partial charge in [-0.15, -0.1) is 5.73 Å². The molecule has 35 heavy (non-hydrogen) atoms. The summed E-state index contributed by atoms with van der Waals surface area (Å²) in [6, 6.07) is 12.6. The van der Waals surface area contributed by atoms with Crippen molar-refractivity contribution in [1.82, 2.24) is 4.90 Å². The van der Waals surface area contributed by atoms with Crippen LogP contribution in [0.15, 0.2) is 72.0 Å². The lowest BCUT2D eigenvalue weighted by atomic mass is 9.78. The van der Waals surface area contributed by atoms with Crippen molar-refractivity contribution in [2.45, 2.75) is 60.3 Å². The number of amides is 1. The maximum atomic E-state index is 13.7. The molecule has 0 spiro atoms. The Morgan fingerprint density at radius 2 is 1.89 bits per heavy atom. The Hall–Kier alpha value is -3.10. The lowest BCUT2D eigenvalue weighted by Gasteiger charge is -2.35. The molecule has 1 amide bonds. The summed E-state index contributed by atoms with van der Waals surface area (Å²) in [5, 5.41) is 0. The van der Waals surface area contributed by atoms with Gasteiger partial charge in [0.2, 0.25) is 0 Å². The number of hydrogen-bond acceptors (Lipinski definition) is 2. The van der Waals surface area contributed by atoms with Crippen LogP contribution >= 0.6 is 0 Å². The molecule has 1 fully saturated rings. The van der Waals surface area contributed by atoms with Crippen molar-refractivity contribution in [3.05, 3.63) is 94.5 Å². The number of aryl methyl sites for hydroxylation is 1. The van der Waals surface area contributed by atoms with Crippen LogP contribution in [0.25, 0.3) is 0 Å². The first kappa shape index (κ1) is 28.1. The molecule has 2 aromatic carbocycles. The van der Waals surface area contributed by atoms with Crippen molar-refractivity contribution in [2.75, 3.05) is 19.7 Å². The second-order valence-electron chi connectivity index (χ2n) is 8.72. The maximum Gasteiger partial charge on any atom is 0.257 e. The Bertz CT molecular complexity index is 1070. The molecule has 1 atom stereocenters. The second kappa shape index (κ2) is 13.7. The first-order valence-electron chi connectivity index (χ1n) is 12.7. The number of carbonyl (C=O) groups excluding carboxylic acids is 1. The van der Waals surface area contributed by atoms with Crippen LogP contribution in [-0.4, -0.2) is 30.5 Å². The van der Waals surface area contributed by atoms with E-state index in [1.54, 1.807) is 0 Å². The molecular formula is C31H40FNO2. The Labute approximate surface area is 211 Å². The highest BCUT2D eigenvalue weighted by molar-refractivity contribution is 5.97. The minimum absolute atomic E-state index is 0.100. The van der Waals surface area contributed by atoms with Crippen LogP contribution in [0.1, 0.15) is 74.9 Å². The van der Waals surface area contributed by atoms with E-state index in [2.05, 4.69) is 56.5 Å². The molecule has 1 unspecified atom stereocenters. The number of nitrogens with zero attached hydrogens (tertiary/aromatic N) is 1. The smallest absolute Gasteiger partial charge is 0.257 e. The van der Waals surface area contributed by atoms with Gasteiger partial charge >= 0.3 is 0 Å². The number of benzene rings is 2. The van der Waals surface area contributed by atoms with Crippen molar-refractivity contribution in [3.8, 4) is 5.75 Å². The van der Waals surface area contributed by atoms with E-state index in [1.807, 2.05) is 32.6 Å². The van der Waals surface area contributed by atoms with Crippen molar-refractivity contribution in [3.63, 3.8) is 0 Å². The molecule has 0 radical (unpaired) electrons. The lowest BCUT2D eigenvalue weighted by molar-refractivity contribution is 0.0696. The van der Waals surface area contributed by atoms with Crippen LogP contribution in [0.5, 0.6) is 5.75 Å². The van der Waals surface area contributed by atoms with E-state index in [4.69, 9.17) is 4.74 Å². The van der Waals surface area contributed by atoms with E-state index >= 15 is 0 Å². The molecule has 0 bridgehead atoms. The van der Waals surface area contributed by atoms with Gasteiger partial charge in [0.15, 0.2) is 0 Å². The van der Waals surface area contributed by atoms with Crippen LogP contribution in [-0.2, 0) is 0 Å². The molecule has 1 heterocycles. The van der Waals surface area contributed by atoms with Crippen LogP contribution < -0.4 is 4.74 Å². The fourth-order valence-electron chi connectivity index (χ4n) is 4.68. The van der Waals surface area contributed by atoms with Crippen molar-refractivity contribution < 1.29 is 13.9 Å². The third-order valence-electron chi connectivity index (χ3n) is 6.54. The largest absolute Gasteiger partial charge is 0.493 e. The second-order valence-corrected chi connectivity index (χ2v) is 8.72. The number of ether oxygens (including phenoxy) is 1. The van der Waals surface area contributed by atoms with E-state index in [1.165, 1.54) is 34.9 Å². The van der Waals surface area contributed by atoms with Gasteiger partial charge in [-0.1, -0.05) is 63.3 Å². The number of likely N-dealkylation sites (tertiary alicyclic amines) is 1. The van der Waals surface area contributed by atoms with Gasteiger partial charge in [0, 0.05) is 25.1 Å². The summed E-state index contributed by atoms with van der Waals surface area (Å²) >= 11 is 0. The highest BCUT2D eigenvalue weighted by Crippen LogP contribution is 2.37. The van der Waals surface area contributed by atoms with E-state index < -0.39 is 5.82 Å². The van der Waals surface area contributed by atoms with E-state index in [0.29, 0.717) is 36.9 Å². The average Bonchev–Trinajstić information content (AvgIpc) is 2.88. The molecular weight excluding hydrogens is 437 g/mol. The maximum absolute atomic E-state index is 13.7. The lowest BCUT2D eigenvalue weighted by Crippen LogP contribution is -2.39. The third-order valence-corrected chi connectivity index (χ3v) is 6.54. The minimum Gasteiger partial charge on any atom is -0.493 e. The highest BCUT2D eigenvalue weighted by atomic mass is 19.1. The van der Waals surface area contributed by atoms with Gasteiger partial charge in [0.05, 0.1) is 12.2 Å². The highest BCUT2D eigenvalue weighted by Gasteiger charge is 2.29. The first-order chi connectivity index (χ1) is 16.8. The number of carbonyl (C=O) groups is 1. The van der Waals surface area contributed by atoms with E-state index in [9.17, 15) is 9.18 Å². The molecule has 3 nitrogen and oxygen atoms in total. The van der Waals surface area contributed by atoms with Gasteiger partial charge in [-0.3, -0.25) is 4.79 Å². The molecule has 188 valence electrons. The Kier molecular flexibility index (Phi) is 11.0. The number of halogens is 1. The Morgan fingerprint density at radius 1 is 1.23 bits per heavy atom. The number of piperidine rings is 1. The fourth-order valence-corrected chi connectivity index (χ4v) is 4.68. The SMILES string of the molecule is C=C=C(C)/C=C(/C1CCN(C(=O)c2ccc(F)cc2OCC)CC1)C(C)c1ccccc1C.CC.